The fraction of sp³-hybridized carbons (Fsp3) is 0.300. The SMILES string of the molecule is NOC(=O)CCCc1cccc(F)c1. The molecule has 0 radical (unpaired) electrons. The third-order valence-corrected chi connectivity index (χ3v) is 1.87. The molecule has 0 fully saturated rings. The van der Waals surface area contributed by atoms with E-state index in [4.69, 9.17) is 0 Å². The Labute approximate surface area is 81.6 Å². The summed E-state index contributed by atoms with van der Waals surface area (Å²) in [5, 5.41) is 0. The second-order valence-electron chi connectivity index (χ2n) is 2.97. The van der Waals surface area contributed by atoms with Gasteiger partial charge in [-0.05, 0) is 30.5 Å². The van der Waals surface area contributed by atoms with Gasteiger partial charge in [0.25, 0.3) is 0 Å². The van der Waals surface area contributed by atoms with Gasteiger partial charge in [0.05, 0.1) is 0 Å². The van der Waals surface area contributed by atoms with Gasteiger partial charge in [-0.2, -0.15) is 5.90 Å². The zero-order valence-corrected chi connectivity index (χ0v) is 7.70. The molecule has 0 unspecified atom stereocenters. The predicted molar refractivity (Wildman–Crippen MR) is 49.6 cm³/mol. The van der Waals surface area contributed by atoms with Crippen molar-refractivity contribution in [1.29, 1.82) is 0 Å². The van der Waals surface area contributed by atoms with Crippen LogP contribution in [0.5, 0.6) is 0 Å². The second-order valence-corrected chi connectivity index (χ2v) is 2.97. The van der Waals surface area contributed by atoms with Crippen LogP contribution in [-0.4, -0.2) is 5.97 Å². The highest BCUT2D eigenvalue weighted by Gasteiger charge is 2.01. The van der Waals surface area contributed by atoms with Crippen molar-refractivity contribution in [3.63, 3.8) is 0 Å². The van der Waals surface area contributed by atoms with E-state index in [9.17, 15) is 9.18 Å². The van der Waals surface area contributed by atoms with Crippen LogP contribution in [0, 0.1) is 5.82 Å². The highest BCUT2D eigenvalue weighted by Crippen LogP contribution is 2.07. The average molecular weight is 197 g/mol. The number of halogens is 1. The molecule has 0 saturated carbocycles. The number of rotatable bonds is 4. The molecule has 76 valence electrons. The first-order chi connectivity index (χ1) is 6.72. The lowest BCUT2D eigenvalue weighted by molar-refractivity contribution is -0.144. The molecule has 0 saturated heterocycles. The van der Waals surface area contributed by atoms with E-state index >= 15 is 0 Å². The van der Waals surface area contributed by atoms with Gasteiger partial charge in [-0.15, -0.1) is 0 Å². The van der Waals surface area contributed by atoms with Gasteiger partial charge >= 0.3 is 5.97 Å². The number of carbonyl (C=O) groups excluding carboxylic acids is 1. The van der Waals surface area contributed by atoms with E-state index in [1.807, 2.05) is 6.07 Å². The van der Waals surface area contributed by atoms with Gasteiger partial charge in [0.15, 0.2) is 0 Å². The van der Waals surface area contributed by atoms with Crippen molar-refractivity contribution < 1.29 is 14.0 Å². The van der Waals surface area contributed by atoms with Gasteiger partial charge in [-0.3, -0.25) is 4.79 Å². The number of hydrogen-bond donors (Lipinski definition) is 1. The first-order valence-corrected chi connectivity index (χ1v) is 4.36. The zero-order chi connectivity index (χ0) is 10.4. The van der Waals surface area contributed by atoms with Crippen molar-refractivity contribution in [2.45, 2.75) is 19.3 Å². The van der Waals surface area contributed by atoms with E-state index in [2.05, 4.69) is 10.7 Å². The largest absolute Gasteiger partial charge is 0.373 e. The molecule has 0 amide bonds. The van der Waals surface area contributed by atoms with Crippen molar-refractivity contribution in [3.05, 3.63) is 35.6 Å². The van der Waals surface area contributed by atoms with Crippen LogP contribution in [-0.2, 0) is 16.1 Å². The number of carbonyl (C=O) groups is 1. The number of aryl methyl sites for hydroxylation is 1. The summed E-state index contributed by atoms with van der Waals surface area (Å²) in [5.74, 6) is 3.96. The normalized spacial score (nSPS) is 9.86. The first-order valence-electron chi connectivity index (χ1n) is 4.36. The van der Waals surface area contributed by atoms with Gasteiger partial charge in [0.1, 0.15) is 5.82 Å². The molecule has 3 nitrogen and oxygen atoms in total. The molecule has 14 heavy (non-hydrogen) atoms. The maximum Gasteiger partial charge on any atom is 0.324 e. The molecule has 1 aromatic rings. The molecule has 0 aromatic heterocycles. The monoisotopic (exact) mass is 197 g/mol. The molecular formula is C10H12FNO2. The van der Waals surface area contributed by atoms with Crippen LogP contribution in [0.15, 0.2) is 24.3 Å². The molecule has 0 heterocycles. The minimum absolute atomic E-state index is 0.257. The maximum atomic E-state index is 12.7. The summed E-state index contributed by atoms with van der Waals surface area (Å²) >= 11 is 0. The third kappa shape index (κ3) is 3.53. The quantitative estimate of drug-likeness (QED) is 0.745. The van der Waals surface area contributed by atoms with Gasteiger partial charge < -0.3 is 4.84 Å². The van der Waals surface area contributed by atoms with E-state index < -0.39 is 5.97 Å². The first kappa shape index (κ1) is 10.7. The van der Waals surface area contributed by atoms with Crippen LogP contribution in [0.25, 0.3) is 0 Å². The summed E-state index contributed by atoms with van der Waals surface area (Å²) in [4.78, 5) is 14.6. The van der Waals surface area contributed by atoms with Crippen LogP contribution in [0.2, 0.25) is 0 Å². The number of benzene rings is 1. The van der Waals surface area contributed by atoms with Crippen molar-refractivity contribution in [3.8, 4) is 0 Å². The fourth-order valence-corrected chi connectivity index (χ4v) is 1.19. The van der Waals surface area contributed by atoms with E-state index in [0.29, 0.717) is 12.8 Å². The Bertz CT molecular complexity index is 315. The fourth-order valence-electron chi connectivity index (χ4n) is 1.19. The molecule has 4 heteroatoms. The second kappa shape index (κ2) is 5.34. The van der Waals surface area contributed by atoms with Gasteiger partial charge in [-0.25, -0.2) is 4.39 Å². The Balaban J connectivity index is 2.35. The average Bonchev–Trinajstić information content (AvgIpc) is 2.17. The lowest BCUT2D eigenvalue weighted by Crippen LogP contribution is -2.09. The van der Waals surface area contributed by atoms with Crippen LogP contribution in [0.4, 0.5) is 4.39 Å². The minimum Gasteiger partial charge on any atom is -0.373 e. The van der Waals surface area contributed by atoms with Gasteiger partial charge in [-0.1, -0.05) is 12.1 Å². The minimum atomic E-state index is -0.443. The molecule has 0 aliphatic rings. The Morgan fingerprint density at radius 1 is 1.50 bits per heavy atom. The molecule has 1 rings (SSSR count). The van der Waals surface area contributed by atoms with Crippen LogP contribution >= 0.6 is 0 Å². The van der Waals surface area contributed by atoms with Crippen molar-refractivity contribution in [1.82, 2.24) is 0 Å². The summed E-state index contributed by atoms with van der Waals surface area (Å²) in [6.07, 6.45) is 1.51. The van der Waals surface area contributed by atoms with Crippen LogP contribution < -0.4 is 5.90 Å². The topological polar surface area (TPSA) is 52.3 Å². The Morgan fingerprint density at radius 3 is 2.93 bits per heavy atom. The van der Waals surface area contributed by atoms with E-state index in [1.54, 1.807) is 6.07 Å². The molecule has 0 spiro atoms. The molecule has 0 aliphatic carbocycles. The van der Waals surface area contributed by atoms with Gasteiger partial charge in [0.2, 0.25) is 0 Å². The summed E-state index contributed by atoms with van der Waals surface area (Å²) in [6, 6.07) is 6.30. The molecule has 0 aliphatic heterocycles. The zero-order valence-electron chi connectivity index (χ0n) is 7.70. The highest BCUT2D eigenvalue weighted by atomic mass is 19.1. The number of hydrogen-bond acceptors (Lipinski definition) is 3. The molecule has 1 aromatic carbocycles. The third-order valence-electron chi connectivity index (χ3n) is 1.87. The smallest absolute Gasteiger partial charge is 0.324 e. The summed E-state index contributed by atoms with van der Waals surface area (Å²) in [6.45, 7) is 0. The number of nitrogens with two attached hydrogens (primary N) is 1. The predicted octanol–water partition coefficient (Wildman–Crippen LogP) is 1.57. The van der Waals surface area contributed by atoms with E-state index in [0.717, 1.165) is 5.56 Å². The van der Waals surface area contributed by atoms with Crippen molar-refractivity contribution >= 4 is 5.97 Å². The lowest BCUT2D eigenvalue weighted by Gasteiger charge is -2.00. The lowest BCUT2D eigenvalue weighted by atomic mass is 10.1. The van der Waals surface area contributed by atoms with Crippen molar-refractivity contribution in [2.24, 2.45) is 5.90 Å². The molecule has 0 atom stereocenters. The Kier molecular flexibility index (Phi) is 4.07. The van der Waals surface area contributed by atoms with E-state index in [-0.39, 0.29) is 12.2 Å². The van der Waals surface area contributed by atoms with Crippen LogP contribution in [0.3, 0.4) is 0 Å². The summed E-state index contributed by atoms with van der Waals surface area (Å²) in [5.41, 5.74) is 0.870. The molecule has 2 N–H and O–H groups in total. The van der Waals surface area contributed by atoms with Crippen molar-refractivity contribution in [2.75, 3.05) is 0 Å². The molecule has 0 bridgehead atoms. The van der Waals surface area contributed by atoms with Gasteiger partial charge in [0, 0.05) is 6.42 Å². The van der Waals surface area contributed by atoms with Crippen LogP contribution in [0.1, 0.15) is 18.4 Å². The standard InChI is InChI=1S/C10H12FNO2/c11-9-5-1-3-8(7-9)4-2-6-10(13)14-12/h1,3,5,7H,2,4,6,12H2. The molecular weight excluding hydrogens is 185 g/mol. The van der Waals surface area contributed by atoms with E-state index in [1.165, 1.54) is 12.1 Å². The Morgan fingerprint density at radius 2 is 2.29 bits per heavy atom. The Hall–Kier alpha value is -1.42. The summed E-state index contributed by atoms with van der Waals surface area (Å²) in [7, 11) is 0. The highest BCUT2D eigenvalue weighted by molar-refractivity contribution is 5.68. The summed E-state index contributed by atoms with van der Waals surface area (Å²) < 4.78 is 12.7. The maximum absolute atomic E-state index is 12.7.